The maximum Gasteiger partial charge on any atom is 0.129 e. The lowest BCUT2D eigenvalue weighted by molar-refractivity contribution is 0.106. The second-order valence-corrected chi connectivity index (χ2v) is 3.97. The summed E-state index contributed by atoms with van der Waals surface area (Å²) in [6, 6.07) is 4.13. The smallest absolute Gasteiger partial charge is 0.129 e. The van der Waals surface area contributed by atoms with Crippen molar-refractivity contribution in [2.24, 2.45) is 0 Å². The van der Waals surface area contributed by atoms with E-state index in [0.29, 0.717) is 0 Å². The lowest BCUT2D eigenvalue weighted by Crippen LogP contribution is -2.29. The zero-order chi connectivity index (χ0) is 10.6. The molecule has 1 aromatic heterocycles. The van der Waals surface area contributed by atoms with Gasteiger partial charge in [0.2, 0.25) is 0 Å². The maximum atomic E-state index is 5.23. The Morgan fingerprint density at radius 2 is 2.21 bits per heavy atom. The van der Waals surface area contributed by atoms with Gasteiger partial charge in [-0.3, -0.25) is 0 Å². The van der Waals surface area contributed by atoms with Crippen LogP contribution in [0.5, 0.6) is 0 Å². The summed E-state index contributed by atoms with van der Waals surface area (Å²) < 4.78 is 6.05. The van der Waals surface area contributed by atoms with Crippen LogP contribution in [-0.4, -0.2) is 24.2 Å². The third-order valence-electron chi connectivity index (χ3n) is 2.22. The van der Waals surface area contributed by atoms with Gasteiger partial charge in [0, 0.05) is 19.3 Å². The summed E-state index contributed by atoms with van der Waals surface area (Å²) in [6.07, 6.45) is 1.92. The first kappa shape index (κ1) is 11.5. The predicted molar refractivity (Wildman–Crippen MR) is 61.5 cm³/mol. The Kier molecular flexibility index (Phi) is 4.35. The van der Waals surface area contributed by atoms with Crippen molar-refractivity contribution in [3.63, 3.8) is 0 Å². The molecule has 0 aliphatic rings. The van der Waals surface area contributed by atoms with Gasteiger partial charge in [-0.25, -0.2) is 4.98 Å². The zero-order valence-corrected chi connectivity index (χ0v) is 10.2. The monoisotopic (exact) mass is 258 g/mol. The molecule has 0 radical (unpaired) electrons. The molecule has 0 bridgehead atoms. The van der Waals surface area contributed by atoms with Crippen molar-refractivity contribution in [1.82, 2.24) is 4.98 Å². The van der Waals surface area contributed by atoms with E-state index in [0.717, 1.165) is 10.3 Å². The summed E-state index contributed by atoms with van der Waals surface area (Å²) in [6.45, 7) is 4.11. The molecular formula is C10H15BrN2O. The molecule has 78 valence electrons. The van der Waals surface area contributed by atoms with Gasteiger partial charge in [-0.2, -0.15) is 0 Å². The van der Waals surface area contributed by atoms with Crippen molar-refractivity contribution >= 4 is 21.6 Å². The number of nitrogens with one attached hydrogen (secondary N) is 1. The van der Waals surface area contributed by atoms with Crippen LogP contribution < -0.4 is 5.32 Å². The van der Waals surface area contributed by atoms with Gasteiger partial charge in [0.25, 0.3) is 0 Å². The Hall–Kier alpha value is -0.610. The number of rotatable bonds is 4. The molecule has 0 saturated heterocycles. The molecule has 1 rings (SSSR count). The zero-order valence-electron chi connectivity index (χ0n) is 8.62. The van der Waals surface area contributed by atoms with Crippen LogP contribution in [0.3, 0.4) is 0 Å². The van der Waals surface area contributed by atoms with Crippen LogP contribution in [0.15, 0.2) is 22.9 Å². The van der Waals surface area contributed by atoms with Crippen LogP contribution in [0.25, 0.3) is 0 Å². The van der Waals surface area contributed by atoms with E-state index in [4.69, 9.17) is 4.74 Å². The van der Waals surface area contributed by atoms with Crippen molar-refractivity contribution in [2.75, 3.05) is 12.4 Å². The lowest BCUT2D eigenvalue weighted by atomic mass is 10.2. The van der Waals surface area contributed by atoms with Gasteiger partial charge in [-0.05, 0) is 41.9 Å². The van der Waals surface area contributed by atoms with Gasteiger partial charge in [-0.15, -0.1) is 0 Å². The van der Waals surface area contributed by atoms with E-state index < -0.39 is 0 Å². The maximum absolute atomic E-state index is 5.23. The summed E-state index contributed by atoms with van der Waals surface area (Å²) in [5.41, 5.74) is 0.990. The first-order chi connectivity index (χ1) is 6.65. The highest BCUT2D eigenvalue weighted by atomic mass is 79.9. The summed E-state index contributed by atoms with van der Waals surface area (Å²) in [5, 5.41) is 3.33. The Morgan fingerprint density at radius 3 is 2.79 bits per heavy atom. The van der Waals surface area contributed by atoms with Gasteiger partial charge >= 0.3 is 0 Å². The SMILES string of the molecule is COC(C)C(C)Nc1cccnc1Br. The van der Waals surface area contributed by atoms with Crippen molar-refractivity contribution < 1.29 is 4.74 Å². The predicted octanol–water partition coefficient (Wildman–Crippen LogP) is 2.68. The number of methoxy groups -OCH3 is 1. The lowest BCUT2D eigenvalue weighted by Gasteiger charge is -2.21. The number of hydrogen-bond acceptors (Lipinski definition) is 3. The van der Waals surface area contributed by atoms with Crippen LogP contribution in [-0.2, 0) is 4.74 Å². The van der Waals surface area contributed by atoms with Crippen LogP contribution in [0.2, 0.25) is 0 Å². The molecule has 0 aliphatic carbocycles. The van der Waals surface area contributed by atoms with Crippen LogP contribution >= 0.6 is 15.9 Å². The molecule has 0 aliphatic heterocycles. The minimum Gasteiger partial charge on any atom is -0.380 e. The normalized spacial score (nSPS) is 14.9. The Morgan fingerprint density at radius 1 is 1.50 bits per heavy atom. The molecule has 0 saturated carbocycles. The van der Waals surface area contributed by atoms with Gasteiger partial charge < -0.3 is 10.1 Å². The number of anilines is 1. The molecule has 1 aromatic rings. The molecule has 0 aromatic carbocycles. The second kappa shape index (κ2) is 5.32. The molecule has 3 nitrogen and oxygen atoms in total. The van der Waals surface area contributed by atoms with Crippen molar-refractivity contribution in [3.8, 4) is 0 Å². The van der Waals surface area contributed by atoms with Crippen molar-refractivity contribution in [3.05, 3.63) is 22.9 Å². The third-order valence-corrected chi connectivity index (χ3v) is 2.85. The van der Waals surface area contributed by atoms with E-state index >= 15 is 0 Å². The van der Waals surface area contributed by atoms with E-state index in [-0.39, 0.29) is 12.1 Å². The number of ether oxygens (including phenoxy) is 1. The van der Waals surface area contributed by atoms with Gasteiger partial charge in [-0.1, -0.05) is 0 Å². The quantitative estimate of drug-likeness (QED) is 0.844. The standard InChI is InChI=1S/C10H15BrN2O/c1-7(8(2)14-3)13-9-5-4-6-12-10(9)11/h4-8,13H,1-3H3. The number of aromatic nitrogens is 1. The number of nitrogens with zero attached hydrogens (tertiary/aromatic N) is 1. The van der Waals surface area contributed by atoms with Gasteiger partial charge in [0.15, 0.2) is 0 Å². The summed E-state index contributed by atoms with van der Waals surface area (Å²) in [5.74, 6) is 0. The van der Waals surface area contributed by atoms with E-state index in [2.05, 4.69) is 33.2 Å². The van der Waals surface area contributed by atoms with Crippen LogP contribution in [0, 0.1) is 0 Å². The van der Waals surface area contributed by atoms with E-state index in [1.54, 1.807) is 13.3 Å². The molecule has 1 N–H and O–H groups in total. The Labute approximate surface area is 93.0 Å². The van der Waals surface area contributed by atoms with Crippen LogP contribution in [0.4, 0.5) is 5.69 Å². The summed E-state index contributed by atoms with van der Waals surface area (Å²) in [7, 11) is 1.71. The minimum absolute atomic E-state index is 0.169. The number of halogens is 1. The fourth-order valence-corrected chi connectivity index (χ4v) is 1.43. The molecule has 0 amide bonds. The second-order valence-electron chi connectivity index (χ2n) is 3.22. The number of pyridine rings is 1. The molecule has 0 spiro atoms. The fourth-order valence-electron chi connectivity index (χ4n) is 1.06. The topological polar surface area (TPSA) is 34.1 Å². The molecular weight excluding hydrogens is 244 g/mol. The highest BCUT2D eigenvalue weighted by Crippen LogP contribution is 2.19. The first-order valence-electron chi connectivity index (χ1n) is 4.55. The van der Waals surface area contributed by atoms with Crippen LogP contribution in [0.1, 0.15) is 13.8 Å². The molecule has 4 heteroatoms. The number of hydrogen-bond donors (Lipinski definition) is 1. The van der Waals surface area contributed by atoms with Gasteiger partial charge in [0.1, 0.15) is 4.60 Å². The van der Waals surface area contributed by atoms with E-state index in [1.165, 1.54) is 0 Å². The average molecular weight is 259 g/mol. The van der Waals surface area contributed by atoms with Crippen molar-refractivity contribution in [1.29, 1.82) is 0 Å². The average Bonchev–Trinajstić information content (AvgIpc) is 2.20. The van der Waals surface area contributed by atoms with Gasteiger partial charge in [0.05, 0.1) is 11.8 Å². The summed E-state index contributed by atoms with van der Waals surface area (Å²) >= 11 is 3.38. The first-order valence-corrected chi connectivity index (χ1v) is 5.34. The molecule has 1 heterocycles. The van der Waals surface area contributed by atoms with E-state index in [9.17, 15) is 0 Å². The van der Waals surface area contributed by atoms with Crippen molar-refractivity contribution in [2.45, 2.75) is 26.0 Å². The highest BCUT2D eigenvalue weighted by molar-refractivity contribution is 9.10. The Bertz CT molecular complexity index is 293. The fraction of sp³-hybridized carbons (Fsp3) is 0.500. The molecule has 2 unspecified atom stereocenters. The highest BCUT2D eigenvalue weighted by Gasteiger charge is 2.11. The molecule has 14 heavy (non-hydrogen) atoms. The molecule has 2 atom stereocenters. The Balaban J connectivity index is 2.64. The molecule has 0 fully saturated rings. The minimum atomic E-state index is 0.169. The van der Waals surface area contributed by atoms with E-state index in [1.807, 2.05) is 19.1 Å². The largest absolute Gasteiger partial charge is 0.380 e. The summed E-state index contributed by atoms with van der Waals surface area (Å²) in [4.78, 5) is 4.13. The third kappa shape index (κ3) is 2.96.